The van der Waals surface area contributed by atoms with Gasteiger partial charge >= 0.3 is 6.18 Å². The Bertz CT molecular complexity index is 945. The predicted molar refractivity (Wildman–Crippen MR) is 92.3 cm³/mol. The van der Waals surface area contributed by atoms with Crippen LogP contribution in [0.4, 0.5) is 13.2 Å². The first-order chi connectivity index (χ1) is 12.1. The van der Waals surface area contributed by atoms with Gasteiger partial charge in [-0.3, -0.25) is 14.2 Å². The molecule has 1 amide bonds. The van der Waals surface area contributed by atoms with Gasteiger partial charge < -0.3 is 5.32 Å². The molecule has 0 aromatic carbocycles. The number of nitrogens with zero attached hydrogens (tertiary/aromatic N) is 4. The largest absolute Gasteiger partial charge is 0.435 e. The second-order valence-electron chi connectivity index (χ2n) is 6.00. The molecule has 0 unspecified atom stereocenters. The highest BCUT2D eigenvalue weighted by atomic mass is 35.5. The summed E-state index contributed by atoms with van der Waals surface area (Å²) < 4.78 is 41.9. The zero-order valence-electron chi connectivity index (χ0n) is 13.8. The van der Waals surface area contributed by atoms with E-state index in [1.54, 1.807) is 10.9 Å². The summed E-state index contributed by atoms with van der Waals surface area (Å²) in [6, 6.07) is 1.24. The van der Waals surface area contributed by atoms with Gasteiger partial charge in [0.2, 0.25) is 0 Å². The van der Waals surface area contributed by atoms with Crippen molar-refractivity contribution in [3.8, 4) is 0 Å². The fraction of sp³-hybridized carbons (Fsp3) is 0.400. The Morgan fingerprint density at radius 3 is 2.81 bits per heavy atom. The van der Waals surface area contributed by atoms with Crippen LogP contribution in [0, 0.1) is 5.92 Å². The van der Waals surface area contributed by atoms with E-state index in [1.165, 1.54) is 19.3 Å². The molecule has 0 saturated carbocycles. The lowest BCUT2D eigenvalue weighted by molar-refractivity contribution is -0.140. The number of aromatic nitrogens is 4. The van der Waals surface area contributed by atoms with Crippen LogP contribution in [0.2, 0.25) is 5.02 Å². The second-order valence-corrected chi connectivity index (χ2v) is 7.46. The number of fused-ring (bicyclic) bond motifs is 1. The van der Waals surface area contributed by atoms with Crippen molar-refractivity contribution in [2.75, 3.05) is 6.54 Å². The molecule has 26 heavy (non-hydrogen) atoms. The highest BCUT2D eigenvalue weighted by Gasteiger charge is 2.37. The summed E-state index contributed by atoms with van der Waals surface area (Å²) in [6.45, 7) is 2.84. The van der Waals surface area contributed by atoms with Crippen LogP contribution >= 0.6 is 22.9 Å². The van der Waals surface area contributed by atoms with Crippen molar-refractivity contribution in [3.63, 3.8) is 0 Å². The number of thiophene rings is 1. The number of hydrogen-bond acceptors (Lipinski definition) is 4. The van der Waals surface area contributed by atoms with Gasteiger partial charge in [0.1, 0.15) is 4.83 Å². The van der Waals surface area contributed by atoms with E-state index in [9.17, 15) is 18.0 Å². The topological polar surface area (TPSA) is 64.7 Å². The van der Waals surface area contributed by atoms with E-state index in [-0.39, 0.29) is 16.2 Å². The third-order valence-corrected chi connectivity index (χ3v) is 5.11. The van der Waals surface area contributed by atoms with Gasteiger partial charge in [-0.05, 0) is 12.0 Å². The van der Waals surface area contributed by atoms with Crippen LogP contribution in [0.3, 0.4) is 0 Å². The van der Waals surface area contributed by atoms with E-state index in [1.807, 2.05) is 6.92 Å². The summed E-state index contributed by atoms with van der Waals surface area (Å²) in [5.41, 5.74) is -0.978. The van der Waals surface area contributed by atoms with Crippen LogP contribution in [0.1, 0.15) is 22.3 Å². The first-order valence-corrected chi connectivity index (χ1v) is 8.84. The summed E-state index contributed by atoms with van der Waals surface area (Å²) in [6.07, 6.45) is -1.36. The molecule has 3 heterocycles. The minimum absolute atomic E-state index is 0.0608. The summed E-state index contributed by atoms with van der Waals surface area (Å²) in [4.78, 5) is 12.8. The first-order valence-electron chi connectivity index (χ1n) is 7.65. The smallest absolute Gasteiger partial charge is 0.351 e. The van der Waals surface area contributed by atoms with Crippen LogP contribution in [-0.2, 0) is 19.8 Å². The minimum Gasteiger partial charge on any atom is -0.351 e. The lowest BCUT2D eigenvalue weighted by Crippen LogP contribution is -2.29. The maximum Gasteiger partial charge on any atom is 0.435 e. The molecule has 0 saturated heterocycles. The molecule has 11 heteroatoms. The van der Waals surface area contributed by atoms with E-state index in [0.717, 1.165) is 16.0 Å². The average molecular weight is 406 g/mol. The summed E-state index contributed by atoms with van der Waals surface area (Å²) in [5, 5.41) is 10.8. The SMILES string of the molecule is C[C@H](CNC(=O)c1cc2c(C(F)(F)F)nn(C)c2s1)Cn1cc(Cl)cn1. The third-order valence-electron chi connectivity index (χ3n) is 3.72. The number of hydrogen-bond donors (Lipinski definition) is 1. The number of halogens is 4. The molecule has 140 valence electrons. The molecule has 0 aliphatic heterocycles. The molecular formula is C15H15ClF3N5OS. The quantitative estimate of drug-likeness (QED) is 0.705. The monoisotopic (exact) mass is 405 g/mol. The van der Waals surface area contributed by atoms with Crippen molar-refractivity contribution < 1.29 is 18.0 Å². The number of aryl methyl sites for hydroxylation is 1. The van der Waals surface area contributed by atoms with Crippen LogP contribution in [0.25, 0.3) is 10.2 Å². The first kappa shape index (κ1) is 18.7. The number of alkyl halides is 3. The van der Waals surface area contributed by atoms with Gasteiger partial charge in [0, 0.05) is 31.7 Å². The molecule has 3 aromatic heterocycles. The molecule has 3 aromatic rings. The third kappa shape index (κ3) is 3.85. The number of carbonyl (C=O) groups excluding carboxylic acids is 1. The van der Waals surface area contributed by atoms with Crippen molar-refractivity contribution >= 4 is 39.1 Å². The maximum absolute atomic E-state index is 13.0. The van der Waals surface area contributed by atoms with Gasteiger partial charge in [0.05, 0.1) is 16.1 Å². The number of carbonyl (C=O) groups is 1. The maximum atomic E-state index is 13.0. The Morgan fingerprint density at radius 2 is 2.19 bits per heavy atom. The van der Waals surface area contributed by atoms with E-state index in [0.29, 0.717) is 22.9 Å². The predicted octanol–water partition coefficient (Wildman–Crippen LogP) is 3.57. The van der Waals surface area contributed by atoms with E-state index in [2.05, 4.69) is 15.5 Å². The molecule has 1 N–H and O–H groups in total. The van der Waals surface area contributed by atoms with Crippen molar-refractivity contribution in [3.05, 3.63) is 34.1 Å². The van der Waals surface area contributed by atoms with E-state index < -0.39 is 17.8 Å². The fourth-order valence-corrected chi connectivity index (χ4v) is 3.68. The lowest BCUT2D eigenvalue weighted by Gasteiger charge is -2.12. The summed E-state index contributed by atoms with van der Waals surface area (Å²) in [7, 11) is 1.42. The van der Waals surface area contributed by atoms with Gasteiger partial charge in [-0.1, -0.05) is 18.5 Å². The van der Waals surface area contributed by atoms with Crippen molar-refractivity contribution in [2.45, 2.75) is 19.6 Å². The minimum atomic E-state index is -4.56. The van der Waals surface area contributed by atoms with Crippen LogP contribution in [-0.4, -0.2) is 32.0 Å². The highest BCUT2D eigenvalue weighted by Crippen LogP contribution is 2.37. The van der Waals surface area contributed by atoms with Crippen LogP contribution in [0.5, 0.6) is 0 Å². The molecule has 6 nitrogen and oxygen atoms in total. The number of amides is 1. The molecule has 0 aliphatic carbocycles. The van der Waals surface area contributed by atoms with Crippen LogP contribution < -0.4 is 5.32 Å². The van der Waals surface area contributed by atoms with Crippen molar-refractivity contribution in [1.29, 1.82) is 0 Å². The highest BCUT2D eigenvalue weighted by molar-refractivity contribution is 7.20. The van der Waals surface area contributed by atoms with Gasteiger partial charge in [0.25, 0.3) is 5.91 Å². The Balaban J connectivity index is 1.68. The molecule has 0 bridgehead atoms. The van der Waals surface area contributed by atoms with E-state index >= 15 is 0 Å². The summed E-state index contributed by atoms with van der Waals surface area (Å²) >= 11 is 6.78. The fourth-order valence-electron chi connectivity index (χ4n) is 2.54. The standard InChI is InChI=1S/C15H15ClF3N5OS/c1-8(6-24-7-9(16)5-21-24)4-20-13(25)11-3-10-12(15(17,18)19)22-23(2)14(10)26-11/h3,5,7-8H,4,6H2,1-2H3,(H,20,25)/t8-/m1/s1. The molecule has 0 fully saturated rings. The Hall–Kier alpha value is -2.07. The zero-order chi connectivity index (χ0) is 19.1. The molecule has 0 radical (unpaired) electrons. The molecule has 0 aliphatic rings. The molecular weight excluding hydrogens is 391 g/mol. The Kier molecular flexibility index (Phi) is 4.98. The van der Waals surface area contributed by atoms with Gasteiger partial charge in [0.15, 0.2) is 5.69 Å². The van der Waals surface area contributed by atoms with Gasteiger partial charge in [-0.25, -0.2) is 0 Å². The second kappa shape index (κ2) is 6.92. The van der Waals surface area contributed by atoms with Crippen molar-refractivity contribution in [1.82, 2.24) is 24.9 Å². The normalized spacial score (nSPS) is 13.3. The van der Waals surface area contributed by atoms with Crippen LogP contribution in [0.15, 0.2) is 18.5 Å². The molecule has 3 rings (SSSR count). The average Bonchev–Trinajstić information content (AvgIpc) is 3.21. The van der Waals surface area contributed by atoms with Crippen molar-refractivity contribution in [2.24, 2.45) is 13.0 Å². The molecule has 1 atom stereocenters. The Labute approximate surface area is 155 Å². The number of nitrogens with one attached hydrogen (secondary N) is 1. The Morgan fingerprint density at radius 1 is 1.46 bits per heavy atom. The summed E-state index contributed by atoms with van der Waals surface area (Å²) in [5.74, 6) is -0.346. The van der Waals surface area contributed by atoms with Gasteiger partial charge in [-0.2, -0.15) is 23.4 Å². The molecule has 0 spiro atoms. The lowest BCUT2D eigenvalue weighted by atomic mass is 10.2. The number of rotatable bonds is 5. The van der Waals surface area contributed by atoms with E-state index in [4.69, 9.17) is 11.6 Å². The van der Waals surface area contributed by atoms with Gasteiger partial charge in [-0.15, -0.1) is 11.3 Å². The zero-order valence-corrected chi connectivity index (χ0v) is 15.4.